The molecular formula is C29H24ClN3O3. The van der Waals surface area contributed by atoms with Gasteiger partial charge in [0, 0.05) is 22.8 Å². The van der Waals surface area contributed by atoms with Crippen molar-refractivity contribution in [1.29, 1.82) is 5.26 Å². The zero-order valence-corrected chi connectivity index (χ0v) is 20.4. The van der Waals surface area contributed by atoms with E-state index < -0.39 is 29.4 Å². The van der Waals surface area contributed by atoms with Crippen molar-refractivity contribution >= 4 is 35.2 Å². The predicted molar refractivity (Wildman–Crippen MR) is 138 cm³/mol. The number of nitriles is 1. The van der Waals surface area contributed by atoms with Crippen LogP contribution in [0.2, 0.25) is 5.02 Å². The van der Waals surface area contributed by atoms with Crippen molar-refractivity contribution in [2.75, 3.05) is 11.9 Å². The molecule has 2 aliphatic rings. The van der Waals surface area contributed by atoms with E-state index >= 15 is 0 Å². The number of esters is 1. The average Bonchev–Trinajstić information content (AvgIpc) is 3.22. The van der Waals surface area contributed by atoms with Gasteiger partial charge in [-0.05, 0) is 54.0 Å². The Bertz CT molecular complexity index is 1370. The van der Waals surface area contributed by atoms with E-state index in [1.165, 1.54) is 0 Å². The van der Waals surface area contributed by atoms with E-state index in [4.69, 9.17) is 16.3 Å². The number of hydrogen-bond donors (Lipinski definition) is 1. The van der Waals surface area contributed by atoms with Crippen LogP contribution in [0.5, 0.6) is 0 Å². The van der Waals surface area contributed by atoms with E-state index in [0.717, 1.165) is 11.1 Å². The molecule has 1 fully saturated rings. The lowest BCUT2D eigenvalue weighted by atomic mass is 9.67. The first-order chi connectivity index (χ1) is 17.5. The Labute approximate surface area is 214 Å². The van der Waals surface area contributed by atoms with Gasteiger partial charge >= 0.3 is 5.97 Å². The minimum atomic E-state index is -1.67. The lowest BCUT2D eigenvalue weighted by Crippen LogP contribution is -2.42. The van der Waals surface area contributed by atoms with Gasteiger partial charge in [-0.1, -0.05) is 66.2 Å². The Morgan fingerprint density at radius 1 is 1.06 bits per heavy atom. The van der Waals surface area contributed by atoms with E-state index in [-0.39, 0.29) is 12.5 Å². The summed E-state index contributed by atoms with van der Waals surface area (Å²) in [5.74, 6) is -1.76. The number of amides is 1. The highest BCUT2D eigenvalue weighted by atomic mass is 35.5. The fourth-order valence-corrected chi connectivity index (χ4v) is 5.58. The minimum Gasteiger partial charge on any atom is -0.465 e. The smallest absolute Gasteiger partial charge is 0.329 e. The first-order valence-corrected chi connectivity index (χ1v) is 12.1. The maximum absolute atomic E-state index is 14.0. The molecule has 180 valence electrons. The zero-order chi connectivity index (χ0) is 25.3. The van der Waals surface area contributed by atoms with Crippen molar-refractivity contribution in [2.24, 2.45) is 5.41 Å². The largest absolute Gasteiger partial charge is 0.465 e. The number of hydrogen-bond acceptors (Lipinski definition) is 5. The van der Waals surface area contributed by atoms with Gasteiger partial charge in [-0.2, -0.15) is 5.26 Å². The van der Waals surface area contributed by atoms with Crippen molar-refractivity contribution in [3.8, 4) is 6.07 Å². The molecule has 4 atom stereocenters. The summed E-state index contributed by atoms with van der Waals surface area (Å²) in [5.41, 5.74) is 1.31. The Morgan fingerprint density at radius 3 is 2.44 bits per heavy atom. The maximum Gasteiger partial charge on any atom is 0.329 e. The average molecular weight is 498 g/mol. The standard InChI is InChI=1S/C29H24ClN3O3/c1-2-36-28(35)29(18-31)24(20-9-4-3-5-10-20)25(27(34)32-22-14-12-21(30)13-15-22)33-17-16-19-8-6-7-11-23(19)26(29)33/h3-17,24-26H,2H2,1H3,(H,32,34)/t24-,25+,26+,29-/m1/s1. The van der Waals surface area contributed by atoms with Crippen LogP contribution in [0.1, 0.15) is 35.6 Å². The molecule has 2 heterocycles. The molecule has 0 spiro atoms. The van der Waals surface area contributed by atoms with Gasteiger partial charge in [0.1, 0.15) is 6.04 Å². The van der Waals surface area contributed by atoms with Gasteiger partial charge in [-0.3, -0.25) is 9.59 Å². The highest BCUT2D eigenvalue weighted by Gasteiger charge is 2.67. The normalized spacial score (nSPS) is 23.8. The van der Waals surface area contributed by atoms with E-state index in [1.54, 1.807) is 31.2 Å². The number of nitrogens with one attached hydrogen (secondary N) is 1. The van der Waals surface area contributed by atoms with Crippen molar-refractivity contribution < 1.29 is 14.3 Å². The quantitative estimate of drug-likeness (QED) is 0.467. The second-order valence-corrected chi connectivity index (χ2v) is 9.26. The third-order valence-corrected chi connectivity index (χ3v) is 7.16. The summed E-state index contributed by atoms with van der Waals surface area (Å²) in [6.07, 6.45) is 3.72. The van der Waals surface area contributed by atoms with Crippen LogP contribution in [0.4, 0.5) is 5.69 Å². The number of anilines is 1. The summed E-state index contributed by atoms with van der Waals surface area (Å²) in [5, 5.41) is 14.3. The Balaban J connectivity index is 1.72. The molecule has 0 radical (unpaired) electrons. The van der Waals surface area contributed by atoms with Crippen LogP contribution in [-0.2, 0) is 14.3 Å². The molecule has 5 rings (SSSR count). The summed E-state index contributed by atoms with van der Waals surface area (Å²) in [7, 11) is 0. The number of carbonyl (C=O) groups excluding carboxylic acids is 2. The monoisotopic (exact) mass is 497 g/mol. The fraction of sp³-hybridized carbons (Fsp3) is 0.207. The van der Waals surface area contributed by atoms with Crippen LogP contribution in [0.3, 0.4) is 0 Å². The molecule has 0 aliphatic carbocycles. The van der Waals surface area contributed by atoms with Gasteiger partial charge in [0.25, 0.3) is 0 Å². The Kier molecular flexibility index (Phi) is 6.26. The SMILES string of the molecule is CCOC(=O)[C@]1(C#N)[C@H](c2ccccc2)[C@@H](C(=O)Nc2ccc(Cl)cc2)N2C=Cc3ccccc3[C@H]21. The number of rotatable bonds is 5. The lowest BCUT2D eigenvalue weighted by Gasteiger charge is -2.36. The van der Waals surface area contributed by atoms with Crippen LogP contribution >= 0.6 is 11.6 Å². The second kappa shape index (κ2) is 9.52. The van der Waals surface area contributed by atoms with Gasteiger partial charge in [0.2, 0.25) is 5.91 Å². The third kappa shape index (κ3) is 3.73. The van der Waals surface area contributed by atoms with Crippen molar-refractivity contribution in [1.82, 2.24) is 4.90 Å². The molecule has 2 aliphatic heterocycles. The molecule has 0 bridgehead atoms. The van der Waals surface area contributed by atoms with Gasteiger partial charge < -0.3 is 15.0 Å². The Hall–Kier alpha value is -4.08. The summed E-state index contributed by atoms with van der Waals surface area (Å²) >= 11 is 6.02. The van der Waals surface area contributed by atoms with Gasteiger partial charge in [-0.25, -0.2) is 0 Å². The first kappa shape index (κ1) is 23.7. The zero-order valence-electron chi connectivity index (χ0n) is 19.6. The second-order valence-electron chi connectivity index (χ2n) is 8.83. The van der Waals surface area contributed by atoms with Crippen LogP contribution in [0, 0.1) is 16.7 Å². The highest BCUT2D eigenvalue weighted by Crippen LogP contribution is 2.60. The van der Waals surface area contributed by atoms with Crippen LogP contribution < -0.4 is 5.32 Å². The predicted octanol–water partition coefficient (Wildman–Crippen LogP) is 5.55. The molecule has 3 aromatic carbocycles. The summed E-state index contributed by atoms with van der Waals surface area (Å²) < 4.78 is 5.54. The van der Waals surface area contributed by atoms with Crippen LogP contribution in [-0.4, -0.2) is 29.4 Å². The molecule has 1 amide bonds. The van der Waals surface area contributed by atoms with Crippen molar-refractivity contribution in [3.63, 3.8) is 0 Å². The summed E-state index contributed by atoms with van der Waals surface area (Å²) in [6, 6.07) is 24.5. The number of nitrogens with zero attached hydrogens (tertiary/aromatic N) is 2. The molecule has 7 heteroatoms. The Morgan fingerprint density at radius 2 is 1.75 bits per heavy atom. The van der Waals surface area contributed by atoms with Crippen LogP contribution in [0.25, 0.3) is 6.08 Å². The molecule has 3 aromatic rings. The molecule has 0 saturated carbocycles. The summed E-state index contributed by atoms with van der Waals surface area (Å²) in [4.78, 5) is 29.6. The molecular weight excluding hydrogens is 474 g/mol. The molecule has 0 aromatic heterocycles. The van der Waals surface area contributed by atoms with Crippen molar-refractivity contribution in [2.45, 2.75) is 24.9 Å². The van der Waals surface area contributed by atoms with Gasteiger partial charge in [-0.15, -0.1) is 0 Å². The van der Waals surface area contributed by atoms with E-state index in [1.807, 2.05) is 71.8 Å². The van der Waals surface area contributed by atoms with Crippen LogP contribution in [0.15, 0.2) is 85.1 Å². The van der Waals surface area contributed by atoms with E-state index in [2.05, 4.69) is 11.4 Å². The fourth-order valence-electron chi connectivity index (χ4n) is 5.46. The maximum atomic E-state index is 14.0. The number of ether oxygens (including phenoxy) is 1. The number of fused-ring (bicyclic) bond motifs is 3. The summed E-state index contributed by atoms with van der Waals surface area (Å²) in [6.45, 7) is 1.84. The topological polar surface area (TPSA) is 82.4 Å². The molecule has 6 nitrogen and oxygen atoms in total. The molecule has 1 N–H and O–H groups in total. The molecule has 1 saturated heterocycles. The molecule has 0 unspecified atom stereocenters. The third-order valence-electron chi connectivity index (χ3n) is 6.91. The van der Waals surface area contributed by atoms with E-state index in [0.29, 0.717) is 16.3 Å². The minimum absolute atomic E-state index is 0.121. The van der Waals surface area contributed by atoms with Gasteiger partial charge in [0.15, 0.2) is 5.41 Å². The number of carbonyl (C=O) groups is 2. The molecule has 36 heavy (non-hydrogen) atoms. The number of halogens is 1. The highest BCUT2D eigenvalue weighted by molar-refractivity contribution is 6.30. The van der Waals surface area contributed by atoms with Crippen molar-refractivity contribution in [3.05, 3.63) is 107 Å². The first-order valence-electron chi connectivity index (χ1n) is 11.8. The van der Waals surface area contributed by atoms with Gasteiger partial charge in [0.05, 0.1) is 18.7 Å². The van der Waals surface area contributed by atoms with E-state index in [9.17, 15) is 14.9 Å². The lowest BCUT2D eigenvalue weighted by molar-refractivity contribution is -0.154. The number of benzene rings is 3.